The van der Waals surface area contributed by atoms with Crippen molar-refractivity contribution >= 4 is 23.2 Å². The Morgan fingerprint density at radius 1 is 1.44 bits per heavy atom. The van der Waals surface area contributed by atoms with Crippen molar-refractivity contribution < 1.29 is 4.92 Å². The van der Waals surface area contributed by atoms with Crippen molar-refractivity contribution in [1.29, 1.82) is 0 Å². The number of anilines is 1. The summed E-state index contributed by atoms with van der Waals surface area (Å²) in [5.41, 5.74) is 1.15. The van der Waals surface area contributed by atoms with Crippen LogP contribution in [0.25, 0.3) is 0 Å². The van der Waals surface area contributed by atoms with Crippen LogP contribution in [0, 0.1) is 10.1 Å². The van der Waals surface area contributed by atoms with Crippen LogP contribution < -0.4 is 4.90 Å². The maximum atomic E-state index is 10.8. The summed E-state index contributed by atoms with van der Waals surface area (Å²) in [5, 5.41) is 11.3. The van der Waals surface area contributed by atoms with Gasteiger partial charge in [-0.2, -0.15) is 0 Å². The molecule has 6 heteroatoms. The minimum atomic E-state index is -0.521. The number of hydrogen-bond donors (Lipinski definition) is 0. The molecular weight excluding hydrogens is 230 g/mol. The highest BCUT2D eigenvalue weighted by molar-refractivity contribution is 6.30. The number of aliphatic imine (C=N–C) groups is 1. The molecule has 1 aliphatic rings. The molecule has 2 rings (SSSR count). The van der Waals surface area contributed by atoms with Crippen LogP contribution in [0.4, 0.5) is 5.69 Å². The summed E-state index contributed by atoms with van der Waals surface area (Å²) in [6.07, 6.45) is 0. The van der Waals surface area contributed by atoms with E-state index >= 15 is 0 Å². The van der Waals surface area contributed by atoms with E-state index in [2.05, 4.69) is 11.6 Å². The fourth-order valence-electron chi connectivity index (χ4n) is 1.46. The Balaban J connectivity index is 2.35. The highest BCUT2D eigenvalue weighted by Crippen LogP contribution is 2.23. The minimum absolute atomic E-state index is 0.202. The van der Waals surface area contributed by atoms with Crippen LogP contribution in [-0.4, -0.2) is 17.4 Å². The van der Waals surface area contributed by atoms with Crippen LogP contribution in [0.15, 0.2) is 41.5 Å². The van der Waals surface area contributed by atoms with Crippen LogP contribution >= 0.6 is 11.6 Å². The third-order valence-corrected chi connectivity index (χ3v) is 2.39. The fraction of sp³-hybridized carbons (Fsp3) is 0.100. The highest BCUT2D eigenvalue weighted by Gasteiger charge is 2.32. The molecule has 0 saturated heterocycles. The van der Waals surface area contributed by atoms with Crippen LogP contribution in [0.5, 0.6) is 0 Å². The Morgan fingerprint density at radius 2 is 2.06 bits per heavy atom. The zero-order chi connectivity index (χ0) is 11.7. The standard InChI is InChI=1S/C10H8ClN3O2/c1-7-6-13(10(12-7)14(15)16)9-4-2-8(11)3-5-9/h2-5H,1,6H2. The van der Waals surface area contributed by atoms with Crippen molar-refractivity contribution in [1.82, 2.24) is 0 Å². The molecule has 1 heterocycles. The second-order valence-electron chi connectivity index (χ2n) is 3.30. The number of benzene rings is 1. The van der Waals surface area contributed by atoms with Gasteiger partial charge in [0.1, 0.15) is 17.9 Å². The lowest BCUT2D eigenvalue weighted by Crippen LogP contribution is -2.32. The molecule has 0 N–H and O–H groups in total. The number of nitrogens with zero attached hydrogens (tertiary/aromatic N) is 3. The molecule has 0 radical (unpaired) electrons. The summed E-state index contributed by atoms with van der Waals surface area (Å²) in [4.78, 5) is 15.5. The Bertz CT molecular complexity index is 481. The smallest absolute Gasteiger partial charge is 0.390 e. The molecule has 0 aliphatic carbocycles. The van der Waals surface area contributed by atoms with Crippen LogP contribution in [0.1, 0.15) is 0 Å². The third-order valence-electron chi connectivity index (χ3n) is 2.14. The molecule has 0 saturated carbocycles. The molecule has 0 aromatic heterocycles. The summed E-state index contributed by atoms with van der Waals surface area (Å²) in [5.74, 6) is -0.202. The van der Waals surface area contributed by atoms with Gasteiger partial charge in [0, 0.05) is 5.02 Å². The lowest BCUT2D eigenvalue weighted by atomic mass is 10.3. The Hall–Kier alpha value is -1.88. The van der Waals surface area contributed by atoms with Crippen molar-refractivity contribution in [3.8, 4) is 0 Å². The van der Waals surface area contributed by atoms with Gasteiger partial charge in [0.25, 0.3) is 0 Å². The van der Waals surface area contributed by atoms with E-state index < -0.39 is 4.92 Å². The van der Waals surface area contributed by atoms with Gasteiger partial charge in [0.2, 0.25) is 0 Å². The summed E-state index contributed by atoms with van der Waals surface area (Å²) in [7, 11) is 0. The van der Waals surface area contributed by atoms with Gasteiger partial charge in [-0.15, -0.1) is 0 Å². The van der Waals surface area contributed by atoms with Crippen LogP contribution in [0.3, 0.4) is 0 Å². The average molecular weight is 238 g/mol. The topological polar surface area (TPSA) is 58.7 Å². The molecule has 0 atom stereocenters. The number of guanidine groups is 1. The molecule has 0 amide bonds. The van der Waals surface area contributed by atoms with E-state index in [-0.39, 0.29) is 5.96 Å². The van der Waals surface area contributed by atoms with Gasteiger partial charge in [0.05, 0.1) is 0 Å². The number of nitro groups is 1. The van der Waals surface area contributed by atoms with E-state index in [0.29, 0.717) is 23.0 Å². The maximum absolute atomic E-state index is 10.8. The predicted octanol–water partition coefficient (Wildman–Crippen LogP) is 2.31. The number of halogens is 1. The molecule has 0 fully saturated rings. The quantitative estimate of drug-likeness (QED) is 0.556. The van der Waals surface area contributed by atoms with Crippen molar-refractivity contribution in [2.45, 2.75) is 0 Å². The van der Waals surface area contributed by atoms with E-state index in [1.807, 2.05) is 0 Å². The van der Waals surface area contributed by atoms with Crippen molar-refractivity contribution in [2.75, 3.05) is 11.4 Å². The molecule has 1 aromatic carbocycles. The first kappa shape index (κ1) is 10.6. The van der Waals surface area contributed by atoms with Gasteiger partial charge in [-0.25, -0.2) is 4.90 Å². The first-order valence-electron chi connectivity index (χ1n) is 4.52. The third kappa shape index (κ3) is 1.90. The van der Waals surface area contributed by atoms with Gasteiger partial charge in [-0.1, -0.05) is 23.2 Å². The van der Waals surface area contributed by atoms with E-state index in [1.54, 1.807) is 24.3 Å². The second-order valence-corrected chi connectivity index (χ2v) is 3.73. The summed E-state index contributed by atoms with van der Waals surface area (Å²) >= 11 is 5.75. The molecule has 1 aliphatic heterocycles. The minimum Gasteiger partial charge on any atom is -0.390 e. The zero-order valence-electron chi connectivity index (χ0n) is 8.26. The van der Waals surface area contributed by atoms with Crippen molar-refractivity contribution in [3.63, 3.8) is 0 Å². The Labute approximate surface area is 96.8 Å². The van der Waals surface area contributed by atoms with Gasteiger partial charge >= 0.3 is 5.96 Å². The molecule has 5 nitrogen and oxygen atoms in total. The molecule has 0 bridgehead atoms. The Morgan fingerprint density at radius 3 is 2.62 bits per heavy atom. The number of hydrogen-bond acceptors (Lipinski definition) is 4. The SMILES string of the molecule is C=C1CN(c2ccc(Cl)cc2)C([N+](=O)[O-])=N1. The first-order chi connectivity index (χ1) is 7.58. The molecule has 0 spiro atoms. The van der Waals surface area contributed by atoms with Crippen molar-refractivity contribution in [3.05, 3.63) is 51.7 Å². The predicted molar refractivity (Wildman–Crippen MR) is 62.4 cm³/mol. The lowest BCUT2D eigenvalue weighted by molar-refractivity contribution is -0.351. The molecule has 0 unspecified atom stereocenters. The van der Waals surface area contributed by atoms with Gasteiger partial charge in [-0.05, 0) is 29.2 Å². The average Bonchev–Trinajstić information content (AvgIpc) is 2.61. The van der Waals surface area contributed by atoms with Gasteiger partial charge in [-0.3, -0.25) is 0 Å². The molecular formula is C10H8ClN3O2. The molecule has 1 aromatic rings. The highest BCUT2D eigenvalue weighted by atomic mass is 35.5. The summed E-state index contributed by atoms with van der Waals surface area (Å²) < 4.78 is 0. The first-order valence-corrected chi connectivity index (χ1v) is 4.89. The Kier molecular flexibility index (Phi) is 2.62. The second kappa shape index (κ2) is 3.94. The maximum Gasteiger partial charge on any atom is 0.435 e. The van der Waals surface area contributed by atoms with Crippen LogP contribution in [-0.2, 0) is 0 Å². The van der Waals surface area contributed by atoms with E-state index in [1.165, 1.54) is 4.90 Å². The normalized spacial score (nSPS) is 15.2. The van der Waals surface area contributed by atoms with Crippen LogP contribution in [0.2, 0.25) is 5.02 Å². The molecule has 16 heavy (non-hydrogen) atoms. The fourth-order valence-corrected chi connectivity index (χ4v) is 1.58. The number of rotatable bonds is 1. The molecule has 82 valence electrons. The lowest BCUT2D eigenvalue weighted by Gasteiger charge is -2.11. The van der Waals surface area contributed by atoms with Gasteiger partial charge in [0.15, 0.2) is 0 Å². The summed E-state index contributed by atoms with van der Waals surface area (Å²) in [6, 6.07) is 6.77. The van der Waals surface area contributed by atoms with Crippen molar-refractivity contribution in [2.24, 2.45) is 4.99 Å². The largest absolute Gasteiger partial charge is 0.435 e. The van der Waals surface area contributed by atoms with E-state index in [9.17, 15) is 10.1 Å². The van der Waals surface area contributed by atoms with Gasteiger partial charge < -0.3 is 10.1 Å². The zero-order valence-corrected chi connectivity index (χ0v) is 9.02. The van der Waals surface area contributed by atoms with E-state index in [0.717, 1.165) is 0 Å². The van der Waals surface area contributed by atoms with E-state index in [4.69, 9.17) is 11.6 Å². The summed E-state index contributed by atoms with van der Waals surface area (Å²) in [6.45, 7) is 3.95. The monoisotopic (exact) mass is 237 g/mol.